The van der Waals surface area contributed by atoms with Crippen molar-refractivity contribution >= 4 is 22.8 Å². The maximum atomic E-state index is 12.5. The highest BCUT2D eigenvalue weighted by molar-refractivity contribution is 5.98. The predicted molar refractivity (Wildman–Crippen MR) is 76.2 cm³/mol. The SMILES string of the molecule is C[C@@H]1CN(C(=O)c2ccc3cc[nH]c3c2)CC(C(=O)O)O1. The number of rotatable bonds is 2. The van der Waals surface area contributed by atoms with Crippen molar-refractivity contribution in [3.8, 4) is 0 Å². The van der Waals surface area contributed by atoms with Gasteiger partial charge in [-0.2, -0.15) is 0 Å². The first-order valence-electron chi connectivity index (χ1n) is 6.79. The van der Waals surface area contributed by atoms with Gasteiger partial charge >= 0.3 is 5.97 Å². The lowest BCUT2D eigenvalue weighted by molar-refractivity contribution is -0.160. The van der Waals surface area contributed by atoms with Crippen LogP contribution in [0.2, 0.25) is 0 Å². The number of ether oxygens (including phenoxy) is 1. The topological polar surface area (TPSA) is 82.6 Å². The summed E-state index contributed by atoms with van der Waals surface area (Å²) >= 11 is 0. The van der Waals surface area contributed by atoms with E-state index < -0.39 is 12.1 Å². The zero-order valence-electron chi connectivity index (χ0n) is 11.6. The molecule has 6 nitrogen and oxygen atoms in total. The van der Waals surface area contributed by atoms with E-state index in [1.54, 1.807) is 19.1 Å². The van der Waals surface area contributed by atoms with Gasteiger partial charge in [-0.05, 0) is 30.5 Å². The number of hydrogen-bond acceptors (Lipinski definition) is 3. The number of fused-ring (bicyclic) bond motifs is 1. The summed E-state index contributed by atoms with van der Waals surface area (Å²) in [6, 6.07) is 7.35. The summed E-state index contributed by atoms with van der Waals surface area (Å²) in [6.07, 6.45) is 0.556. The molecule has 2 atom stereocenters. The van der Waals surface area contributed by atoms with Crippen LogP contribution in [-0.4, -0.2) is 52.2 Å². The first kappa shape index (κ1) is 13.6. The van der Waals surface area contributed by atoms with Crippen molar-refractivity contribution < 1.29 is 19.4 Å². The van der Waals surface area contributed by atoms with E-state index in [0.29, 0.717) is 12.1 Å². The standard InChI is InChI=1S/C15H16N2O4/c1-9-7-17(8-13(21-9)15(19)20)14(18)11-3-2-10-4-5-16-12(10)6-11/h2-6,9,13,16H,7-8H2,1H3,(H,19,20)/t9-,13?/m1/s1. The van der Waals surface area contributed by atoms with Crippen LogP contribution in [0.25, 0.3) is 10.9 Å². The first-order valence-corrected chi connectivity index (χ1v) is 6.79. The number of carbonyl (C=O) groups is 2. The highest BCUT2D eigenvalue weighted by Gasteiger charge is 2.33. The van der Waals surface area contributed by atoms with Gasteiger partial charge in [0.15, 0.2) is 6.10 Å². The Labute approximate surface area is 121 Å². The lowest BCUT2D eigenvalue weighted by Gasteiger charge is -2.35. The Morgan fingerprint density at radius 1 is 1.33 bits per heavy atom. The Bertz CT molecular complexity index is 694. The number of carboxylic acid groups (broad SMARTS) is 1. The van der Waals surface area contributed by atoms with Crippen LogP contribution in [0.1, 0.15) is 17.3 Å². The zero-order chi connectivity index (χ0) is 15.0. The van der Waals surface area contributed by atoms with E-state index >= 15 is 0 Å². The molecule has 3 rings (SSSR count). The van der Waals surface area contributed by atoms with Crippen LogP contribution in [-0.2, 0) is 9.53 Å². The molecule has 6 heteroatoms. The molecule has 0 radical (unpaired) electrons. The van der Waals surface area contributed by atoms with E-state index in [2.05, 4.69) is 4.98 Å². The third-order valence-electron chi connectivity index (χ3n) is 3.62. The maximum absolute atomic E-state index is 12.5. The molecule has 2 N–H and O–H groups in total. The van der Waals surface area contributed by atoms with Gasteiger partial charge in [0.1, 0.15) is 0 Å². The van der Waals surface area contributed by atoms with Crippen LogP contribution in [0.3, 0.4) is 0 Å². The van der Waals surface area contributed by atoms with E-state index in [-0.39, 0.29) is 18.6 Å². The molecule has 1 aliphatic rings. The summed E-state index contributed by atoms with van der Waals surface area (Å²) in [7, 11) is 0. The number of nitrogens with zero attached hydrogens (tertiary/aromatic N) is 1. The van der Waals surface area contributed by atoms with E-state index in [9.17, 15) is 9.59 Å². The average molecular weight is 288 g/mol. The van der Waals surface area contributed by atoms with Crippen LogP contribution in [0.5, 0.6) is 0 Å². The number of amides is 1. The molecule has 1 aromatic heterocycles. The fraction of sp³-hybridized carbons (Fsp3) is 0.333. The third-order valence-corrected chi connectivity index (χ3v) is 3.62. The van der Waals surface area contributed by atoms with Crippen molar-refractivity contribution in [3.05, 3.63) is 36.0 Å². The Morgan fingerprint density at radius 2 is 2.14 bits per heavy atom. The molecule has 1 fully saturated rings. The fourth-order valence-corrected chi connectivity index (χ4v) is 2.62. The minimum atomic E-state index is -1.04. The van der Waals surface area contributed by atoms with E-state index in [1.165, 1.54) is 4.90 Å². The number of morpholine rings is 1. The van der Waals surface area contributed by atoms with Gasteiger partial charge in [-0.1, -0.05) is 6.07 Å². The molecular weight excluding hydrogens is 272 g/mol. The number of H-pyrrole nitrogens is 1. The predicted octanol–water partition coefficient (Wildman–Crippen LogP) is 1.48. The van der Waals surface area contributed by atoms with Crippen molar-refractivity contribution in [1.82, 2.24) is 9.88 Å². The molecule has 0 bridgehead atoms. The van der Waals surface area contributed by atoms with Gasteiger partial charge in [-0.25, -0.2) is 4.79 Å². The summed E-state index contributed by atoms with van der Waals surface area (Å²) < 4.78 is 5.32. The molecule has 1 amide bonds. The molecule has 0 aliphatic carbocycles. The molecule has 1 unspecified atom stereocenters. The Hall–Kier alpha value is -2.34. The van der Waals surface area contributed by atoms with Crippen LogP contribution >= 0.6 is 0 Å². The normalized spacial score (nSPS) is 22.4. The fourth-order valence-electron chi connectivity index (χ4n) is 2.62. The average Bonchev–Trinajstić information content (AvgIpc) is 2.93. The van der Waals surface area contributed by atoms with Crippen molar-refractivity contribution in [2.45, 2.75) is 19.1 Å². The van der Waals surface area contributed by atoms with Crippen molar-refractivity contribution in [2.24, 2.45) is 0 Å². The summed E-state index contributed by atoms with van der Waals surface area (Å²) in [5, 5.41) is 10.1. The first-order chi connectivity index (χ1) is 10.0. The second-order valence-corrected chi connectivity index (χ2v) is 5.26. The minimum Gasteiger partial charge on any atom is -0.479 e. The molecule has 1 aliphatic heterocycles. The molecule has 1 aromatic carbocycles. The number of nitrogens with one attached hydrogen (secondary N) is 1. The Balaban J connectivity index is 1.84. The smallest absolute Gasteiger partial charge is 0.334 e. The quantitative estimate of drug-likeness (QED) is 0.877. The summed E-state index contributed by atoms with van der Waals surface area (Å²) in [6.45, 7) is 2.23. The highest BCUT2D eigenvalue weighted by Crippen LogP contribution is 2.18. The van der Waals surface area contributed by atoms with Gasteiger partial charge in [0.05, 0.1) is 12.6 Å². The second-order valence-electron chi connectivity index (χ2n) is 5.26. The highest BCUT2D eigenvalue weighted by atomic mass is 16.5. The Kier molecular flexibility index (Phi) is 3.39. The lowest BCUT2D eigenvalue weighted by Crippen LogP contribution is -2.51. The number of carbonyl (C=O) groups excluding carboxylic acids is 1. The largest absolute Gasteiger partial charge is 0.479 e. The molecule has 2 heterocycles. The lowest BCUT2D eigenvalue weighted by atomic mass is 10.1. The second kappa shape index (κ2) is 5.21. The van der Waals surface area contributed by atoms with E-state index in [0.717, 1.165) is 10.9 Å². The summed E-state index contributed by atoms with van der Waals surface area (Å²) in [5.41, 5.74) is 1.43. The van der Waals surface area contributed by atoms with Gasteiger partial charge in [-0.3, -0.25) is 4.79 Å². The zero-order valence-corrected chi connectivity index (χ0v) is 11.6. The Morgan fingerprint density at radius 3 is 2.90 bits per heavy atom. The minimum absolute atomic E-state index is 0.0707. The molecule has 2 aromatic rings. The van der Waals surface area contributed by atoms with Crippen LogP contribution in [0, 0.1) is 0 Å². The number of hydrogen-bond donors (Lipinski definition) is 2. The van der Waals surface area contributed by atoms with Gasteiger partial charge in [0.25, 0.3) is 5.91 Å². The molecular formula is C15H16N2O4. The number of benzene rings is 1. The van der Waals surface area contributed by atoms with Gasteiger partial charge in [0.2, 0.25) is 0 Å². The molecule has 110 valence electrons. The number of aromatic amines is 1. The van der Waals surface area contributed by atoms with Gasteiger partial charge in [0, 0.05) is 23.8 Å². The number of aromatic nitrogens is 1. The van der Waals surface area contributed by atoms with Gasteiger partial charge in [-0.15, -0.1) is 0 Å². The van der Waals surface area contributed by atoms with E-state index in [4.69, 9.17) is 9.84 Å². The summed E-state index contributed by atoms with van der Waals surface area (Å²) in [4.78, 5) is 28.2. The van der Waals surface area contributed by atoms with Crippen LogP contribution < -0.4 is 0 Å². The van der Waals surface area contributed by atoms with Crippen molar-refractivity contribution in [2.75, 3.05) is 13.1 Å². The maximum Gasteiger partial charge on any atom is 0.334 e. The number of aliphatic carboxylic acids is 1. The van der Waals surface area contributed by atoms with E-state index in [1.807, 2.05) is 18.3 Å². The number of carboxylic acids is 1. The molecule has 1 saturated heterocycles. The van der Waals surface area contributed by atoms with Crippen LogP contribution in [0.15, 0.2) is 30.5 Å². The molecule has 0 saturated carbocycles. The summed E-state index contributed by atoms with van der Waals surface area (Å²) in [5.74, 6) is -1.22. The third kappa shape index (κ3) is 2.62. The van der Waals surface area contributed by atoms with Gasteiger partial charge < -0.3 is 19.7 Å². The van der Waals surface area contributed by atoms with Crippen molar-refractivity contribution in [1.29, 1.82) is 0 Å². The monoisotopic (exact) mass is 288 g/mol. The van der Waals surface area contributed by atoms with Crippen molar-refractivity contribution in [3.63, 3.8) is 0 Å². The molecule has 0 spiro atoms. The molecule has 21 heavy (non-hydrogen) atoms. The van der Waals surface area contributed by atoms with Crippen LogP contribution in [0.4, 0.5) is 0 Å².